The summed E-state index contributed by atoms with van der Waals surface area (Å²) in [7, 11) is -4.34. The monoisotopic (exact) mass is 727 g/mol. The minimum atomic E-state index is -4.34. The zero-order chi connectivity index (χ0) is 36.8. The minimum Gasteiger partial charge on any atom is -0.387 e. The SMILES string of the molecule is CCCCCCCCC/C=C/CC/C=C/CC/C=C/C(O)C(COP(=O)(O)OCCN)NC(=O)CCCCCCCCCCCCCCCC. The lowest BCUT2D eigenvalue weighted by Gasteiger charge is -2.23. The van der Waals surface area contributed by atoms with E-state index in [1.165, 1.54) is 122 Å². The van der Waals surface area contributed by atoms with Gasteiger partial charge in [0.05, 0.1) is 25.4 Å². The van der Waals surface area contributed by atoms with Crippen LogP contribution in [0.25, 0.3) is 0 Å². The first-order valence-electron chi connectivity index (χ1n) is 20.6. The molecule has 0 saturated carbocycles. The van der Waals surface area contributed by atoms with E-state index in [0.29, 0.717) is 6.42 Å². The molecule has 8 nitrogen and oxygen atoms in total. The molecular formula is C41H79N2O6P. The predicted molar refractivity (Wildman–Crippen MR) is 212 cm³/mol. The molecule has 0 aromatic heterocycles. The molecule has 0 spiro atoms. The van der Waals surface area contributed by atoms with Gasteiger partial charge in [-0.05, 0) is 44.9 Å². The second-order valence-electron chi connectivity index (χ2n) is 13.8. The van der Waals surface area contributed by atoms with Crippen molar-refractivity contribution in [1.82, 2.24) is 5.32 Å². The second kappa shape index (κ2) is 37.5. The Morgan fingerprint density at radius 2 is 1.06 bits per heavy atom. The molecule has 1 amide bonds. The lowest BCUT2D eigenvalue weighted by molar-refractivity contribution is -0.123. The highest BCUT2D eigenvalue weighted by atomic mass is 31.2. The number of aliphatic hydroxyl groups excluding tert-OH is 1. The lowest BCUT2D eigenvalue weighted by atomic mass is 10.0. The summed E-state index contributed by atoms with van der Waals surface area (Å²) >= 11 is 0. The van der Waals surface area contributed by atoms with E-state index in [0.717, 1.165) is 44.9 Å². The Bertz CT molecular complexity index is 881. The van der Waals surface area contributed by atoms with Crippen LogP contribution in [0.2, 0.25) is 0 Å². The van der Waals surface area contributed by atoms with E-state index in [1.807, 2.05) is 6.08 Å². The van der Waals surface area contributed by atoms with Crippen molar-refractivity contribution in [2.24, 2.45) is 5.73 Å². The highest BCUT2D eigenvalue weighted by molar-refractivity contribution is 7.47. The second-order valence-corrected chi connectivity index (χ2v) is 15.3. The van der Waals surface area contributed by atoms with Gasteiger partial charge >= 0.3 is 7.82 Å². The standard InChI is InChI=1S/C41H79N2O6P/c1-3-5-7-9-11-13-15-17-19-20-21-22-24-26-28-30-32-34-40(44)39(38-49-50(46,47)48-37-36-42)43-41(45)35-33-31-29-27-25-23-18-16-14-12-10-8-6-4-2/h19-20,24,26,32,34,39-40,44H,3-18,21-23,25,27-31,33,35-38,42H2,1-2H3,(H,43,45)(H,46,47)/b20-19+,26-24+,34-32+. The third-order valence-corrected chi connectivity index (χ3v) is 9.93. The van der Waals surface area contributed by atoms with Gasteiger partial charge in [0.1, 0.15) is 0 Å². The maximum Gasteiger partial charge on any atom is 0.472 e. The van der Waals surface area contributed by atoms with Gasteiger partial charge in [-0.2, -0.15) is 0 Å². The van der Waals surface area contributed by atoms with E-state index in [9.17, 15) is 19.4 Å². The van der Waals surface area contributed by atoms with Gasteiger partial charge in [0, 0.05) is 13.0 Å². The van der Waals surface area contributed by atoms with Gasteiger partial charge < -0.3 is 21.1 Å². The maximum atomic E-state index is 12.7. The average Bonchev–Trinajstić information content (AvgIpc) is 3.10. The zero-order valence-corrected chi connectivity index (χ0v) is 33.3. The van der Waals surface area contributed by atoms with E-state index in [2.05, 4.69) is 43.5 Å². The molecule has 3 atom stereocenters. The molecule has 9 heteroatoms. The molecule has 5 N–H and O–H groups in total. The summed E-state index contributed by atoms with van der Waals surface area (Å²) in [6.45, 7) is 4.09. The van der Waals surface area contributed by atoms with Crippen LogP contribution in [0.4, 0.5) is 0 Å². The number of rotatable bonds is 38. The molecule has 3 unspecified atom stereocenters. The minimum absolute atomic E-state index is 0.0725. The molecular weight excluding hydrogens is 647 g/mol. The predicted octanol–water partition coefficient (Wildman–Crippen LogP) is 11.2. The summed E-state index contributed by atoms with van der Waals surface area (Å²) in [5.74, 6) is -0.208. The number of phosphoric ester groups is 1. The molecule has 50 heavy (non-hydrogen) atoms. The van der Waals surface area contributed by atoms with E-state index in [4.69, 9.17) is 14.8 Å². The number of amides is 1. The van der Waals surface area contributed by atoms with Crippen LogP contribution < -0.4 is 11.1 Å². The fourth-order valence-electron chi connectivity index (χ4n) is 5.81. The van der Waals surface area contributed by atoms with Gasteiger partial charge in [-0.25, -0.2) is 4.57 Å². The molecule has 0 aliphatic heterocycles. The highest BCUT2D eigenvalue weighted by Gasteiger charge is 2.26. The number of hydrogen-bond acceptors (Lipinski definition) is 6. The Morgan fingerprint density at radius 3 is 1.54 bits per heavy atom. The van der Waals surface area contributed by atoms with Crippen LogP contribution in [0, 0.1) is 0 Å². The fourth-order valence-corrected chi connectivity index (χ4v) is 6.57. The van der Waals surface area contributed by atoms with Crippen LogP contribution in [0.1, 0.15) is 187 Å². The van der Waals surface area contributed by atoms with Crippen LogP contribution in [0.15, 0.2) is 36.5 Å². The number of carbonyl (C=O) groups is 1. The summed E-state index contributed by atoms with van der Waals surface area (Å²) < 4.78 is 22.1. The van der Waals surface area contributed by atoms with Crippen molar-refractivity contribution in [3.63, 3.8) is 0 Å². The van der Waals surface area contributed by atoms with E-state index in [-0.39, 0.29) is 25.7 Å². The van der Waals surface area contributed by atoms with E-state index in [1.54, 1.807) is 6.08 Å². The van der Waals surface area contributed by atoms with Crippen LogP contribution in [0.3, 0.4) is 0 Å². The zero-order valence-electron chi connectivity index (χ0n) is 32.4. The molecule has 0 aliphatic carbocycles. The van der Waals surface area contributed by atoms with Crippen LogP contribution in [-0.4, -0.2) is 47.8 Å². The first kappa shape index (κ1) is 48.7. The van der Waals surface area contributed by atoms with E-state index >= 15 is 0 Å². The van der Waals surface area contributed by atoms with Crippen molar-refractivity contribution in [2.45, 2.75) is 199 Å². The average molecular weight is 727 g/mol. The molecule has 0 saturated heterocycles. The molecule has 294 valence electrons. The third-order valence-electron chi connectivity index (χ3n) is 8.95. The largest absolute Gasteiger partial charge is 0.472 e. The Hall–Kier alpha value is -1.28. The molecule has 0 bridgehead atoms. The van der Waals surface area contributed by atoms with Crippen molar-refractivity contribution < 1.29 is 28.4 Å². The summed E-state index contributed by atoms with van der Waals surface area (Å²) in [6, 6.07) is -0.879. The van der Waals surface area contributed by atoms with Gasteiger partial charge in [-0.3, -0.25) is 13.8 Å². The van der Waals surface area contributed by atoms with Crippen molar-refractivity contribution in [1.29, 1.82) is 0 Å². The van der Waals surface area contributed by atoms with Crippen LogP contribution in [0.5, 0.6) is 0 Å². The molecule has 0 aliphatic rings. The Labute approximate surface area is 308 Å². The number of phosphoric acid groups is 1. The van der Waals surface area contributed by atoms with Crippen molar-refractivity contribution in [3.05, 3.63) is 36.5 Å². The number of carbonyl (C=O) groups excluding carboxylic acids is 1. The van der Waals surface area contributed by atoms with Gasteiger partial charge in [0.25, 0.3) is 0 Å². The van der Waals surface area contributed by atoms with Crippen molar-refractivity contribution in [2.75, 3.05) is 19.8 Å². The molecule has 0 radical (unpaired) electrons. The number of hydrogen-bond donors (Lipinski definition) is 4. The first-order valence-corrected chi connectivity index (χ1v) is 22.1. The highest BCUT2D eigenvalue weighted by Crippen LogP contribution is 2.43. The van der Waals surface area contributed by atoms with Crippen molar-refractivity contribution >= 4 is 13.7 Å². The number of unbranched alkanes of at least 4 members (excludes halogenated alkanes) is 22. The van der Waals surface area contributed by atoms with E-state index < -0.39 is 20.0 Å². The van der Waals surface area contributed by atoms with Crippen LogP contribution >= 0.6 is 7.82 Å². The lowest BCUT2D eigenvalue weighted by Crippen LogP contribution is -2.45. The number of aliphatic hydroxyl groups is 1. The van der Waals surface area contributed by atoms with Gasteiger partial charge in [-0.1, -0.05) is 172 Å². The van der Waals surface area contributed by atoms with Gasteiger partial charge in [-0.15, -0.1) is 0 Å². The quantitative estimate of drug-likeness (QED) is 0.0283. The number of nitrogens with two attached hydrogens (primary N) is 1. The third kappa shape index (κ3) is 35.1. The summed E-state index contributed by atoms with van der Waals surface area (Å²) in [6.07, 6.45) is 43.3. The topological polar surface area (TPSA) is 131 Å². The summed E-state index contributed by atoms with van der Waals surface area (Å²) in [4.78, 5) is 22.6. The fraction of sp³-hybridized carbons (Fsp3) is 0.829. The summed E-state index contributed by atoms with van der Waals surface area (Å²) in [5, 5.41) is 13.6. The maximum absolute atomic E-state index is 12.7. The van der Waals surface area contributed by atoms with Crippen molar-refractivity contribution in [3.8, 4) is 0 Å². The van der Waals surface area contributed by atoms with Gasteiger partial charge in [0.15, 0.2) is 0 Å². The molecule has 0 heterocycles. The summed E-state index contributed by atoms with van der Waals surface area (Å²) in [5.41, 5.74) is 5.36. The Balaban J connectivity index is 4.34. The molecule has 0 rings (SSSR count). The molecule has 0 fully saturated rings. The first-order chi connectivity index (χ1) is 24.4. The number of nitrogens with one attached hydrogen (secondary N) is 1. The normalized spacial score (nSPS) is 14.6. The Kier molecular flexibility index (Phi) is 36.5. The number of allylic oxidation sites excluding steroid dienone is 5. The van der Waals surface area contributed by atoms with Crippen LogP contribution in [-0.2, 0) is 18.4 Å². The Morgan fingerprint density at radius 1 is 0.640 bits per heavy atom. The molecule has 0 aromatic rings. The molecule has 0 aromatic carbocycles. The smallest absolute Gasteiger partial charge is 0.387 e. The van der Waals surface area contributed by atoms with Gasteiger partial charge in [0.2, 0.25) is 5.91 Å².